The molecule has 2 unspecified atom stereocenters. The summed E-state index contributed by atoms with van der Waals surface area (Å²) >= 11 is 1.87. The first-order valence-corrected chi connectivity index (χ1v) is 7.64. The van der Waals surface area contributed by atoms with Crippen LogP contribution in [0.4, 0.5) is 0 Å². The average Bonchev–Trinajstić information content (AvgIpc) is 2.86. The Hall–Kier alpha value is -0.220. The fraction of sp³-hybridized carbons (Fsp3) is 0.923. The van der Waals surface area contributed by atoms with Gasteiger partial charge in [0, 0.05) is 17.9 Å². The average molecular weight is 256 g/mol. The summed E-state index contributed by atoms with van der Waals surface area (Å²) in [6.07, 6.45) is 3.59. The van der Waals surface area contributed by atoms with Gasteiger partial charge in [-0.05, 0) is 33.1 Å². The molecular formula is C13H24N2OS. The van der Waals surface area contributed by atoms with Gasteiger partial charge in [0.2, 0.25) is 0 Å². The lowest BCUT2D eigenvalue weighted by molar-refractivity contribution is 0.101. The quantitative estimate of drug-likeness (QED) is 0.843. The van der Waals surface area contributed by atoms with E-state index in [2.05, 4.69) is 33.0 Å². The molecule has 2 aliphatic heterocycles. The number of hydrogen-bond donors (Lipinski definition) is 1. The van der Waals surface area contributed by atoms with Crippen molar-refractivity contribution in [1.29, 1.82) is 0 Å². The summed E-state index contributed by atoms with van der Waals surface area (Å²) in [5.74, 6) is 1.14. The second kappa shape index (κ2) is 4.81. The van der Waals surface area contributed by atoms with Crippen molar-refractivity contribution in [3.8, 4) is 0 Å². The third-order valence-corrected chi connectivity index (χ3v) is 5.58. The second-order valence-electron chi connectivity index (χ2n) is 5.44. The zero-order valence-corrected chi connectivity index (χ0v) is 12.2. The Morgan fingerprint density at radius 1 is 1.47 bits per heavy atom. The van der Waals surface area contributed by atoms with E-state index >= 15 is 0 Å². The summed E-state index contributed by atoms with van der Waals surface area (Å²) in [6, 6.07) is 0. The van der Waals surface area contributed by atoms with E-state index in [4.69, 9.17) is 9.73 Å². The van der Waals surface area contributed by atoms with Crippen LogP contribution in [-0.2, 0) is 4.74 Å². The van der Waals surface area contributed by atoms with E-state index in [0.717, 1.165) is 36.8 Å². The predicted octanol–water partition coefficient (Wildman–Crippen LogP) is 2.81. The number of hydrogen-bond acceptors (Lipinski definition) is 3. The van der Waals surface area contributed by atoms with Crippen LogP contribution in [0.3, 0.4) is 0 Å². The Bertz CT molecular complexity index is 315. The van der Waals surface area contributed by atoms with E-state index < -0.39 is 0 Å². The fourth-order valence-corrected chi connectivity index (χ4v) is 3.86. The Labute approximate surface area is 109 Å². The van der Waals surface area contributed by atoms with Gasteiger partial charge < -0.3 is 10.1 Å². The van der Waals surface area contributed by atoms with E-state index in [1.165, 1.54) is 0 Å². The molecule has 4 heteroatoms. The first kappa shape index (κ1) is 13.2. The Kier molecular flexibility index (Phi) is 3.74. The van der Waals surface area contributed by atoms with Crippen LogP contribution in [0, 0.1) is 0 Å². The van der Waals surface area contributed by atoms with Gasteiger partial charge in [-0.25, -0.2) is 0 Å². The Balaban J connectivity index is 2.10. The van der Waals surface area contributed by atoms with Gasteiger partial charge >= 0.3 is 0 Å². The summed E-state index contributed by atoms with van der Waals surface area (Å²) in [5, 5.41) is 4.75. The molecule has 2 rings (SSSR count). The molecule has 17 heavy (non-hydrogen) atoms. The highest BCUT2D eigenvalue weighted by Gasteiger charge is 2.40. The van der Waals surface area contributed by atoms with Crippen molar-refractivity contribution in [2.24, 2.45) is 4.99 Å². The van der Waals surface area contributed by atoms with Crippen molar-refractivity contribution in [1.82, 2.24) is 5.32 Å². The topological polar surface area (TPSA) is 33.6 Å². The summed E-state index contributed by atoms with van der Waals surface area (Å²) < 4.78 is 5.64. The molecule has 1 N–H and O–H groups in total. The van der Waals surface area contributed by atoms with E-state index in [0.29, 0.717) is 0 Å². The molecule has 3 nitrogen and oxygen atoms in total. The van der Waals surface area contributed by atoms with Gasteiger partial charge in [0.15, 0.2) is 5.17 Å². The zero-order valence-electron chi connectivity index (χ0n) is 11.4. The van der Waals surface area contributed by atoms with Gasteiger partial charge in [-0.2, -0.15) is 0 Å². The third kappa shape index (κ3) is 2.48. The number of amidine groups is 1. The number of rotatable bonds is 3. The number of aliphatic imine (C=N–C) groups is 1. The van der Waals surface area contributed by atoms with Gasteiger partial charge in [0.1, 0.15) is 0 Å². The molecule has 0 aromatic rings. The predicted molar refractivity (Wildman–Crippen MR) is 74.8 cm³/mol. The summed E-state index contributed by atoms with van der Waals surface area (Å²) in [6.45, 7) is 9.68. The summed E-state index contributed by atoms with van der Waals surface area (Å²) in [5.41, 5.74) is 0.232. The molecule has 0 spiro atoms. The summed E-state index contributed by atoms with van der Waals surface area (Å²) in [4.78, 5) is 4.92. The first-order chi connectivity index (χ1) is 8.03. The lowest BCUT2D eigenvalue weighted by atomic mass is 9.95. The van der Waals surface area contributed by atoms with Crippen LogP contribution in [-0.4, -0.2) is 34.7 Å². The summed E-state index contributed by atoms with van der Waals surface area (Å²) in [7, 11) is 0. The molecule has 2 saturated heterocycles. The van der Waals surface area contributed by atoms with Crippen molar-refractivity contribution in [2.75, 3.05) is 12.4 Å². The Morgan fingerprint density at radius 3 is 2.65 bits per heavy atom. The van der Waals surface area contributed by atoms with Crippen molar-refractivity contribution >= 4 is 16.9 Å². The van der Waals surface area contributed by atoms with Crippen molar-refractivity contribution in [3.63, 3.8) is 0 Å². The van der Waals surface area contributed by atoms with Gasteiger partial charge in [-0.1, -0.05) is 25.6 Å². The molecule has 0 aliphatic carbocycles. The van der Waals surface area contributed by atoms with Gasteiger partial charge in [0.05, 0.1) is 11.6 Å². The van der Waals surface area contributed by atoms with Crippen molar-refractivity contribution in [3.05, 3.63) is 0 Å². The molecule has 2 fully saturated rings. The highest BCUT2D eigenvalue weighted by atomic mass is 32.2. The van der Waals surface area contributed by atoms with E-state index in [9.17, 15) is 0 Å². The number of thioether (sulfide) groups is 1. The van der Waals surface area contributed by atoms with Crippen LogP contribution in [0.5, 0.6) is 0 Å². The van der Waals surface area contributed by atoms with Crippen LogP contribution in [0.25, 0.3) is 0 Å². The molecule has 0 bridgehead atoms. The maximum atomic E-state index is 5.64. The van der Waals surface area contributed by atoms with E-state index in [-0.39, 0.29) is 17.2 Å². The van der Waals surface area contributed by atoms with Crippen LogP contribution < -0.4 is 5.32 Å². The molecule has 0 aromatic carbocycles. The maximum Gasteiger partial charge on any atom is 0.157 e. The monoisotopic (exact) mass is 256 g/mol. The lowest BCUT2D eigenvalue weighted by Gasteiger charge is -2.27. The number of ether oxygens (including phenoxy) is 1. The van der Waals surface area contributed by atoms with E-state index in [1.54, 1.807) is 0 Å². The third-order valence-electron chi connectivity index (χ3n) is 4.42. The lowest BCUT2D eigenvalue weighted by Crippen LogP contribution is -2.43. The van der Waals surface area contributed by atoms with Crippen LogP contribution in [0.2, 0.25) is 0 Å². The molecule has 0 aromatic heterocycles. The molecule has 0 amide bonds. The smallest absolute Gasteiger partial charge is 0.157 e. The molecule has 0 radical (unpaired) electrons. The second-order valence-corrected chi connectivity index (χ2v) is 6.40. The minimum Gasteiger partial charge on any atom is -0.376 e. The fourth-order valence-electron chi connectivity index (χ4n) is 2.40. The number of nitrogens with zero attached hydrogens (tertiary/aromatic N) is 1. The van der Waals surface area contributed by atoms with Gasteiger partial charge in [0.25, 0.3) is 0 Å². The van der Waals surface area contributed by atoms with Gasteiger partial charge in [-0.15, -0.1) is 0 Å². The number of nitrogens with one attached hydrogen (secondary N) is 1. The van der Waals surface area contributed by atoms with Crippen LogP contribution in [0.15, 0.2) is 4.99 Å². The van der Waals surface area contributed by atoms with E-state index in [1.807, 2.05) is 11.8 Å². The van der Waals surface area contributed by atoms with Crippen molar-refractivity contribution < 1.29 is 4.74 Å². The van der Waals surface area contributed by atoms with Gasteiger partial charge in [-0.3, -0.25) is 4.99 Å². The minimum absolute atomic E-state index is 0.0348. The van der Waals surface area contributed by atoms with Crippen LogP contribution >= 0.6 is 11.8 Å². The standard InChI is InChI=1S/C13H24N2OS/c1-5-13(6-2)9-17-11(15-13)14-12(4)7-8-16-10(12)3/h10H,5-9H2,1-4H3,(H,14,15). The molecule has 0 saturated carbocycles. The minimum atomic E-state index is -0.0348. The van der Waals surface area contributed by atoms with Crippen molar-refractivity contribution in [2.45, 2.75) is 64.1 Å². The molecule has 2 aliphatic rings. The Morgan fingerprint density at radius 2 is 2.18 bits per heavy atom. The highest BCUT2D eigenvalue weighted by Crippen LogP contribution is 2.34. The molecular weight excluding hydrogens is 232 g/mol. The SMILES string of the molecule is CCC1(CC)CSC(=NC2(C)CCOC2C)N1. The largest absolute Gasteiger partial charge is 0.376 e. The first-order valence-electron chi connectivity index (χ1n) is 6.66. The molecule has 2 heterocycles. The maximum absolute atomic E-state index is 5.64. The van der Waals surface area contributed by atoms with Crippen LogP contribution in [0.1, 0.15) is 47.0 Å². The zero-order chi connectivity index (χ0) is 12.5. The highest BCUT2D eigenvalue weighted by molar-refractivity contribution is 8.14. The molecule has 98 valence electrons. The normalized spacial score (nSPS) is 38.6. The molecule has 2 atom stereocenters.